The zero-order chi connectivity index (χ0) is 34.4. The number of hydrogen-bond donors (Lipinski definition) is 0. The molecule has 1 saturated heterocycles. The summed E-state index contributed by atoms with van der Waals surface area (Å²) in [4.78, 5) is 19.8. The highest BCUT2D eigenvalue weighted by Crippen LogP contribution is 2.40. The van der Waals surface area contributed by atoms with Crippen molar-refractivity contribution in [2.24, 2.45) is 0 Å². The monoisotopic (exact) mass is 668 g/mol. The molecule has 0 spiro atoms. The fraction of sp³-hybridized carbons (Fsp3) is 0.471. The van der Waals surface area contributed by atoms with Crippen molar-refractivity contribution in [1.82, 2.24) is 9.88 Å². The molecule has 0 radical (unpaired) electrons. The number of nitrogens with zero attached hydrogens (tertiary/aromatic N) is 2. The van der Waals surface area contributed by atoms with Gasteiger partial charge in [-0.2, -0.15) is 22.0 Å². The van der Waals surface area contributed by atoms with E-state index in [0.717, 1.165) is 5.56 Å². The van der Waals surface area contributed by atoms with Crippen LogP contribution in [-0.4, -0.2) is 59.8 Å². The van der Waals surface area contributed by atoms with Gasteiger partial charge >= 0.3 is 18.1 Å². The molecule has 2 aromatic carbocycles. The van der Waals surface area contributed by atoms with Gasteiger partial charge in [0.15, 0.2) is 14.6 Å². The fourth-order valence-electron chi connectivity index (χ4n) is 5.08. The Hall–Kier alpha value is -3.38. The minimum atomic E-state index is -5.62. The summed E-state index contributed by atoms with van der Waals surface area (Å²) in [6.45, 7) is 10.4. The lowest BCUT2D eigenvalue weighted by Gasteiger charge is -2.40. The Morgan fingerprint density at radius 2 is 1.46 bits per heavy atom. The van der Waals surface area contributed by atoms with Crippen LogP contribution in [0.1, 0.15) is 65.0 Å². The molecule has 0 atom stereocenters. The average Bonchev–Trinajstić information content (AvgIpc) is 3.01. The minimum absolute atomic E-state index is 0.0508. The van der Waals surface area contributed by atoms with E-state index in [1.54, 1.807) is 20.8 Å². The van der Waals surface area contributed by atoms with Gasteiger partial charge in [0.05, 0.1) is 10.6 Å². The van der Waals surface area contributed by atoms with Gasteiger partial charge in [0.2, 0.25) is 0 Å². The SMILES string of the molecule is CC.CC(C)(C)OC(=O)C1(S(=O)(=O)c2ccc(-c3ccc(CCC(F)(F)C(F)(F)F)cn3)cc2)CCN(Cc2ccccc2)CC1. The van der Waals surface area contributed by atoms with Gasteiger partial charge in [-0.1, -0.05) is 62.4 Å². The van der Waals surface area contributed by atoms with Crippen LogP contribution < -0.4 is 0 Å². The van der Waals surface area contributed by atoms with Crippen LogP contribution in [0.25, 0.3) is 11.3 Å². The van der Waals surface area contributed by atoms with Gasteiger partial charge in [-0.15, -0.1) is 0 Å². The Labute approximate surface area is 267 Å². The van der Waals surface area contributed by atoms with E-state index in [2.05, 4.69) is 9.88 Å². The van der Waals surface area contributed by atoms with Crippen molar-refractivity contribution in [2.45, 2.75) is 94.2 Å². The first-order valence-electron chi connectivity index (χ1n) is 15.2. The van der Waals surface area contributed by atoms with Gasteiger partial charge in [-0.3, -0.25) is 14.7 Å². The van der Waals surface area contributed by atoms with Crippen LogP contribution in [0, 0.1) is 0 Å². The molecular weight excluding hydrogens is 627 g/mol. The third-order valence-electron chi connectivity index (χ3n) is 7.63. The molecule has 1 aliphatic heterocycles. The van der Waals surface area contributed by atoms with Crippen molar-refractivity contribution in [1.29, 1.82) is 0 Å². The molecule has 6 nitrogen and oxygen atoms in total. The molecule has 0 N–H and O–H groups in total. The summed E-state index contributed by atoms with van der Waals surface area (Å²) < 4.78 is 96.1. The van der Waals surface area contributed by atoms with Crippen LogP contribution in [-0.2, 0) is 32.3 Å². The van der Waals surface area contributed by atoms with E-state index in [4.69, 9.17) is 4.74 Å². The molecular formula is C34H41F5N2O4S. The molecule has 0 saturated carbocycles. The number of aromatic nitrogens is 1. The Kier molecular flexibility index (Phi) is 11.8. The lowest BCUT2D eigenvalue weighted by Crippen LogP contribution is -2.56. The van der Waals surface area contributed by atoms with Crippen molar-refractivity contribution in [3.05, 3.63) is 84.1 Å². The first kappa shape index (κ1) is 37.1. The quantitative estimate of drug-likeness (QED) is 0.170. The number of pyridine rings is 1. The molecule has 3 aromatic rings. The van der Waals surface area contributed by atoms with Crippen LogP contribution in [0.15, 0.2) is 77.8 Å². The van der Waals surface area contributed by atoms with Gasteiger partial charge in [-0.25, -0.2) is 8.42 Å². The summed E-state index contributed by atoms with van der Waals surface area (Å²) in [5.74, 6) is -5.59. The highest BCUT2D eigenvalue weighted by Gasteiger charge is 2.57. The van der Waals surface area contributed by atoms with Crippen molar-refractivity contribution in [3.63, 3.8) is 0 Å². The topological polar surface area (TPSA) is 76.6 Å². The first-order chi connectivity index (χ1) is 21.4. The number of piperidine rings is 1. The van der Waals surface area contributed by atoms with Crippen LogP contribution in [0.4, 0.5) is 22.0 Å². The summed E-state index contributed by atoms with van der Waals surface area (Å²) in [6.07, 6.45) is -6.22. The lowest BCUT2D eigenvalue weighted by molar-refractivity contribution is -0.284. The molecule has 0 unspecified atom stereocenters. The van der Waals surface area contributed by atoms with Crippen molar-refractivity contribution < 1.29 is 39.9 Å². The number of esters is 1. The molecule has 2 heterocycles. The van der Waals surface area contributed by atoms with E-state index in [9.17, 15) is 35.2 Å². The molecule has 0 aliphatic carbocycles. The zero-order valence-corrected chi connectivity index (χ0v) is 27.5. The maximum Gasteiger partial charge on any atom is 0.453 e. The summed E-state index contributed by atoms with van der Waals surface area (Å²) in [5, 5.41) is 0. The maximum absolute atomic E-state index is 14.1. The number of alkyl halides is 5. The summed E-state index contributed by atoms with van der Waals surface area (Å²) >= 11 is 0. The molecule has 0 amide bonds. The van der Waals surface area contributed by atoms with Gasteiger partial charge in [0.25, 0.3) is 0 Å². The van der Waals surface area contributed by atoms with Gasteiger partial charge < -0.3 is 4.74 Å². The number of ether oxygens (including phenoxy) is 1. The molecule has 12 heteroatoms. The normalized spacial score (nSPS) is 15.9. The number of benzene rings is 2. The van der Waals surface area contributed by atoms with Crippen LogP contribution >= 0.6 is 0 Å². The van der Waals surface area contributed by atoms with Crippen molar-refractivity contribution >= 4 is 15.8 Å². The summed E-state index contributed by atoms with van der Waals surface area (Å²) in [6, 6.07) is 18.4. The predicted molar refractivity (Wildman–Crippen MR) is 167 cm³/mol. The molecule has 0 bridgehead atoms. The number of sulfone groups is 1. The summed E-state index contributed by atoms with van der Waals surface area (Å²) in [7, 11) is -4.22. The van der Waals surface area contributed by atoms with E-state index in [1.807, 2.05) is 44.2 Å². The second-order valence-corrected chi connectivity index (χ2v) is 14.3. The van der Waals surface area contributed by atoms with Crippen LogP contribution in [0.2, 0.25) is 0 Å². The van der Waals surface area contributed by atoms with Crippen LogP contribution in [0.5, 0.6) is 0 Å². The number of hydrogen-bond acceptors (Lipinski definition) is 6. The number of aryl methyl sites for hydroxylation is 1. The fourth-order valence-corrected chi connectivity index (χ4v) is 7.01. The predicted octanol–water partition coefficient (Wildman–Crippen LogP) is 8.06. The number of rotatable bonds is 9. The summed E-state index contributed by atoms with van der Waals surface area (Å²) in [5.41, 5.74) is 1.26. The Balaban J connectivity index is 0.00000282. The average molecular weight is 669 g/mol. The van der Waals surface area contributed by atoms with Gasteiger partial charge in [0.1, 0.15) is 5.60 Å². The Morgan fingerprint density at radius 1 is 0.870 bits per heavy atom. The number of carbonyl (C=O) groups is 1. The van der Waals surface area contributed by atoms with Crippen molar-refractivity contribution in [3.8, 4) is 11.3 Å². The Bertz CT molecular complexity index is 1530. The highest BCUT2D eigenvalue weighted by molar-refractivity contribution is 7.93. The lowest BCUT2D eigenvalue weighted by atomic mass is 9.95. The smallest absolute Gasteiger partial charge is 0.453 e. The first-order valence-corrected chi connectivity index (χ1v) is 16.7. The molecule has 1 aliphatic rings. The third-order valence-corrected chi connectivity index (χ3v) is 10.1. The van der Waals surface area contributed by atoms with E-state index >= 15 is 0 Å². The van der Waals surface area contributed by atoms with E-state index in [-0.39, 0.29) is 23.3 Å². The zero-order valence-electron chi connectivity index (χ0n) is 26.7. The van der Waals surface area contributed by atoms with E-state index < -0.39 is 51.1 Å². The van der Waals surface area contributed by atoms with E-state index in [0.29, 0.717) is 30.9 Å². The second kappa shape index (κ2) is 14.6. The molecule has 46 heavy (non-hydrogen) atoms. The number of halogens is 5. The number of carbonyl (C=O) groups excluding carboxylic acids is 1. The Morgan fingerprint density at radius 3 is 1.96 bits per heavy atom. The number of likely N-dealkylation sites (tertiary alicyclic amines) is 1. The van der Waals surface area contributed by atoms with Gasteiger partial charge in [0, 0.05) is 37.8 Å². The van der Waals surface area contributed by atoms with Crippen LogP contribution in [0.3, 0.4) is 0 Å². The maximum atomic E-state index is 14.1. The van der Waals surface area contributed by atoms with E-state index in [1.165, 1.54) is 42.6 Å². The third kappa shape index (κ3) is 8.70. The highest BCUT2D eigenvalue weighted by atomic mass is 32.2. The van der Waals surface area contributed by atoms with Gasteiger partial charge in [-0.05, 0) is 69.4 Å². The standard InChI is InChI=1S/C32H35F5N2O4S.C2H6/c1-29(2,3)43-28(40)30(17-19-39(20-18-30)22-24-7-5-4-6-8-24)44(41,42)26-12-10-25(11-13-26)27-14-9-23(21-38-27)15-16-31(33,34)32(35,36)37;1-2/h4-14,21H,15-20,22H2,1-3H3;1-2H3. The molecule has 4 rings (SSSR count). The minimum Gasteiger partial charge on any atom is -0.459 e. The molecule has 1 aromatic heterocycles. The molecule has 1 fully saturated rings. The molecule has 252 valence electrons. The second-order valence-electron chi connectivity index (χ2n) is 12.0. The largest absolute Gasteiger partial charge is 0.459 e. The van der Waals surface area contributed by atoms with Crippen molar-refractivity contribution in [2.75, 3.05) is 13.1 Å².